The summed E-state index contributed by atoms with van der Waals surface area (Å²) in [6, 6.07) is 7.20. The molecule has 1 aliphatic heterocycles. The minimum atomic E-state index is -4.46. The molecule has 0 spiro atoms. The van der Waals surface area contributed by atoms with Crippen molar-refractivity contribution in [3.63, 3.8) is 0 Å². The number of nitrogens with zero attached hydrogens (tertiary/aromatic N) is 4. The number of carbonyl (C=O) groups is 2. The van der Waals surface area contributed by atoms with E-state index < -0.39 is 17.6 Å². The van der Waals surface area contributed by atoms with Gasteiger partial charge >= 0.3 is 6.18 Å². The first kappa shape index (κ1) is 20.6. The number of alkyl halides is 3. The quantitative estimate of drug-likeness (QED) is 0.391. The molecule has 7 nitrogen and oxygen atoms in total. The van der Waals surface area contributed by atoms with Crippen LogP contribution < -0.4 is 9.63 Å². The highest BCUT2D eigenvalue weighted by molar-refractivity contribution is 6.08. The van der Waals surface area contributed by atoms with Crippen LogP contribution in [0.5, 0.6) is 0 Å². The molecule has 1 amide bonds. The van der Waals surface area contributed by atoms with Gasteiger partial charge in [0.15, 0.2) is 5.78 Å². The van der Waals surface area contributed by atoms with Gasteiger partial charge in [0.2, 0.25) is 12.4 Å². The Morgan fingerprint density at radius 2 is 1.97 bits per heavy atom. The fraction of sp³-hybridized carbons (Fsp3) is 0.238. The predicted molar refractivity (Wildman–Crippen MR) is 102 cm³/mol. The highest BCUT2D eigenvalue weighted by Crippen LogP contribution is 2.33. The van der Waals surface area contributed by atoms with Crippen LogP contribution >= 0.6 is 0 Å². The number of hydrogen-bond acceptors (Lipinski definition) is 4. The number of anilines is 1. The highest BCUT2D eigenvalue weighted by atomic mass is 19.4. The number of halogens is 3. The van der Waals surface area contributed by atoms with Crippen LogP contribution in [0.15, 0.2) is 55.0 Å². The lowest BCUT2D eigenvalue weighted by Crippen LogP contribution is -2.43. The van der Waals surface area contributed by atoms with Crippen LogP contribution in [-0.2, 0) is 12.6 Å². The SMILES string of the molecule is C[C@H]1CN(c2ccc(C(F)(F)F)cc2)C(=O)c2c(CC(=O)c3ccc[n+](O)c3)cnn21. The monoisotopic (exact) mass is 431 g/mol. The van der Waals surface area contributed by atoms with Crippen LogP contribution in [0.4, 0.5) is 18.9 Å². The zero-order valence-electron chi connectivity index (χ0n) is 16.4. The lowest BCUT2D eigenvalue weighted by molar-refractivity contribution is -0.904. The molecule has 0 aliphatic carbocycles. The zero-order chi connectivity index (χ0) is 22.3. The van der Waals surface area contributed by atoms with Gasteiger partial charge < -0.3 is 4.90 Å². The molecular weight excluding hydrogens is 413 g/mol. The molecule has 3 aromatic rings. The van der Waals surface area contributed by atoms with Crippen LogP contribution in [0, 0.1) is 0 Å². The van der Waals surface area contributed by atoms with Gasteiger partial charge in [0, 0.05) is 35.0 Å². The molecule has 1 aromatic carbocycles. The van der Waals surface area contributed by atoms with Gasteiger partial charge in [-0.2, -0.15) is 18.3 Å². The number of hydrogen-bond donors (Lipinski definition) is 1. The van der Waals surface area contributed by atoms with E-state index in [0.717, 1.165) is 16.9 Å². The van der Waals surface area contributed by atoms with E-state index in [1.807, 2.05) is 6.92 Å². The lowest BCUT2D eigenvalue weighted by Gasteiger charge is -2.32. The molecule has 4 rings (SSSR count). The Kier molecular flexibility index (Phi) is 5.00. The second kappa shape index (κ2) is 7.53. The van der Waals surface area contributed by atoms with Crippen molar-refractivity contribution in [3.05, 3.63) is 77.4 Å². The average molecular weight is 431 g/mol. The highest BCUT2D eigenvalue weighted by Gasteiger charge is 2.35. The number of fused-ring (bicyclic) bond motifs is 1. The Balaban J connectivity index is 1.63. The molecule has 1 atom stereocenters. The molecule has 0 saturated carbocycles. The van der Waals surface area contributed by atoms with Crippen molar-refractivity contribution in [2.45, 2.75) is 25.6 Å². The summed E-state index contributed by atoms with van der Waals surface area (Å²) in [7, 11) is 0. The summed E-state index contributed by atoms with van der Waals surface area (Å²) in [4.78, 5) is 27.2. The van der Waals surface area contributed by atoms with E-state index in [-0.39, 0.29) is 36.0 Å². The van der Waals surface area contributed by atoms with Gasteiger partial charge in [-0.1, -0.05) is 0 Å². The Bertz CT molecular complexity index is 1160. The molecule has 0 radical (unpaired) electrons. The van der Waals surface area contributed by atoms with Crippen molar-refractivity contribution in [1.82, 2.24) is 9.78 Å². The van der Waals surface area contributed by atoms with Gasteiger partial charge in [-0.3, -0.25) is 19.5 Å². The topological polar surface area (TPSA) is 79.3 Å². The van der Waals surface area contributed by atoms with Crippen LogP contribution in [0.2, 0.25) is 0 Å². The maximum Gasteiger partial charge on any atom is 0.416 e. The number of amides is 1. The summed E-state index contributed by atoms with van der Waals surface area (Å²) in [5.41, 5.74) is 0.431. The van der Waals surface area contributed by atoms with Crippen LogP contribution in [0.3, 0.4) is 0 Å². The van der Waals surface area contributed by atoms with Crippen molar-refractivity contribution in [1.29, 1.82) is 0 Å². The third kappa shape index (κ3) is 3.88. The standard InChI is InChI=1S/C21H18F3N4O3/c1-13-11-27(17-6-4-16(5-7-17)21(22,23)24)20(30)19-15(10-25-28(13)19)9-18(29)14-3-2-8-26(31)12-14/h2-8,10,12-13,31H,9,11H2,1H3/q+1/t13-/m0/s1. The number of Topliss-reactive ketones (excluding diaryl/α,β-unsaturated/α-hetero) is 1. The molecule has 160 valence electrons. The lowest BCUT2D eigenvalue weighted by atomic mass is 10.0. The summed E-state index contributed by atoms with van der Waals surface area (Å²) >= 11 is 0. The summed E-state index contributed by atoms with van der Waals surface area (Å²) < 4.78 is 40.9. The van der Waals surface area contributed by atoms with Crippen molar-refractivity contribution in [3.8, 4) is 0 Å². The Hall–Kier alpha value is -3.69. The maximum atomic E-state index is 13.2. The second-order valence-electron chi connectivity index (χ2n) is 7.34. The summed E-state index contributed by atoms with van der Waals surface area (Å²) in [5, 5.41) is 13.7. The Morgan fingerprint density at radius 1 is 1.26 bits per heavy atom. The normalized spacial score (nSPS) is 16.3. The third-order valence-electron chi connectivity index (χ3n) is 5.15. The van der Waals surface area contributed by atoms with Gasteiger partial charge in [-0.15, -0.1) is 0 Å². The minimum absolute atomic E-state index is 0.112. The Labute approximate surface area is 174 Å². The molecule has 1 N–H and O–H groups in total. The fourth-order valence-electron chi connectivity index (χ4n) is 3.61. The van der Waals surface area contributed by atoms with E-state index in [1.165, 1.54) is 46.4 Å². The van der Waals surface area contributed by atoms with E-state index in [1.54, 1.807) is 6.07 Å². The number of benzene rings is 1. The van der Waals surface area contributed by atoms with Gasteiger partial charge in [0.1, 0.15) is 5.69 Å². The molecular formula is C21H18F3N4O3+. The largest absolute Gasteiger partial charge is 0.416 e. The summed E-state index contributed by atoms with van der Waals surface area (Å²) in [6.07, 6.45) is -0.497. The number of ketones is 1. The van der Waals surface area contributed by atoms with E-state index >= 15 is 0 Å². The minimum Gasteiger partial charge on any atom is -0.305 e. The number of rotatable bonds is 4. The number of carbonyl (C=O) groups excluding carboxylic acids is 2. The van der Waals surface area contributed by atoms with E-state index in [0.29, 0.717) is 11.3 Å². The first-order valence-electron chi connectivity index (χ1n) is 9.44. The molecule has 0 saturated heterocycles. The smallest absolute Gasteiger partial charge is 0.305 e. The van der Waals surface area contributed by atoms with Gasteiger partial charge in [-0.25, -0.2) is 0 Å². The molecule has 0 bridgehead atoms. The average Bonchev–Trinajstić information content (AvgIpc) is 3.14. The van der Waals surface area contributed by atoms with Crippen molar-refractivity contribution in [2.24, 2.45) is 0 Å². The Morgan fingerprint density at radius 3 is 2.61 bits per heavy atom. The fourth-order valence-corrected chi connectivity index (χ4v) is 3.61. The molecule has 10 heteroatoms. The molecule has 2 aromatic heterocycles. The molecule has 1 aliphatic rings. The zero-order valence-corrected chi connectivity index (χ0v) is 16.4. The number of pyridine rings is 1. The summed E-state index contributed by atoms with van der Waals surface area (Å²) in [5.74, 6) is -0.755. The van der Waals surface area contributed by atoms with Crippen LogP contribution in [0.25, 0.3) is 0 Å². The second-order valence-corrected chi connectivity index (χ2v) is 7.34. The molecule has 31 heavy (non-hydrogen) atoms. The maximum absolute atomic E-state index is 13.2. The van der Waals surface area contributed by atoms with E-state index in [9.17, 15) is 28.0 Å². The first-order chi connectivity index (χ1) is 14.6. The van der Waals surface area contributed by atoms with Crippen molar-refractivity contribution < 1.29 is 32.7 Å². The van der Waals surface area contributed by atoms with E-state index in [4.69, 9.17) is 0 Å². The van der Waals surface area contributed by atoms with Gasteiger partial charge in [0.25, 0.3) is 5.91 Å². The predicted octanol–water partition coefficient (Wildman–Crippen LogP) is 3.07. The van der Waals surface area contributed by atoms with E-state index in [2.05, 4.69) is 5.10 Å². The number of aromatic nitrogens is 3. The molecule has 0 unspecified atom stereocenters. The van der Waals surface area contributed by atoms with Crippen LogP contribution in [0.1, 0.15) is 44.9 Å². The summed E-state index contributed by atoms with van der Waals surface area (Å²) in [6.45, 7) is 2.06. The molecule has 0 fully saturated rings. The first-order valence-corrected chi connectivity index (χ1v) is 9.44. The van der Waals surface area contributed by atoms with Gasteiger partial charge in [0.05, 0.1) is 23.4 Å². The van der Waals surface area contributed by atoms with Gasteiger partial charge in [-0.05, 0) is 37.3 Å². The van der Waals surface area contributed by atoms with Crippen LogP contribution in [-0.4, -0.2) is 33.2 Å². The third-order valence-corrected chi connectivity index (χ3v) is 5.15. The van der Waals surface area contributed by atoms with Crippen molar-refractivity contribution in [2.75, 3.05) is 11.4 Å². The molecule has 3 heterocycles. The van der Waals surface area contributed by atoms with Crippen molar-refractivity contribution >= 4 is 17.4 Å².